The number of methoxy groups -OCH3 is 1. The number of likely N-dealkylation sites (N-methyl/N-ethyl adjacent to an activating group) is 1. The van der Waals surface area contributed by atoms with Gasteiger partial charge in [-0.2, -0.15) is 0 Å². The van der Waals surface area contributed by atoms with E-state index in [1.807, 2.05) is 29.8 Å². The summed E-state index contributed by atoms with van der Waals surface area (Å²) in [5.41, 5.74) is 1.96. The van der Waals surface area contributed by atoms with Crippen molar-refractivity contribution in [2.24, 2.45) is 0 Å². The summed E-state index contributed by atoms with van der Waals surface area (Å²) < 4.78 is 5.45. The lowest BCUT2D eigenvalue weighted by Crippen LogP contribution is -2.28. The average Bonchev–Trinajstić information content (AvgIpc) is 3.17. The van der Waals surface area contributed by atoms with Gasteiger partial charge in [0.25, 0.3) is 0 Å². The second kappa shape index (κ2) is 8.53. The van der Waals surface area contributed by atoms with Crippen molar-refractivity contribution < 1.29 is 4.74 Å². The Bertz CT molecular complexity index is 900. The van der Waals surface area contributed by atoms with E-state index in [0.717, 1.165) is 48.4 Å². The molecule has 1 N–H and O–H groups in total. The number of ether oxygens (including phenoxy) is 1. The van der Waals surface area contributed by atoms with Crippen molar-refractivity contribution in [2.45, 2.75) is 6.42 Å². The van der Waals surface area contributed by atoms with Crippen molar-refractivity contribution in [3.8, 4) is 16.5 Å². The lowest BCUT2D eigenvalue weighted by molar-refractivity contribution is 0.360. The third kappa shape index (κ3) is 4.23. The number of anilines is 3. The van der Waals surface area contributed by atoms with E-state index in [4.69, 9.17) is 4.74 Å². The summed E-state index contributed by atoms with van der Waals surface area (Å²) in [6.45, 7) is 4.30. The fraction of sp³-hybridized carbons (Fsp3) is 0.350. The number of thiazole rings is 1. The van der Waals surface area contributed by atoms with Crippen LogP contribution in [0.25, 0.3) is 10.7 Å². The van der Waals surface area contributed by atoms with Gasteiger partial charge in [0.15, 0.2) is 11.6 Å². The van der Waals surface area contributed by atoms with Crippen LogP contribution in [0.3, 0.4) is 0 Å². The van der Waals surface area contributed by atoms with E-state index >= 15 is 0 Å². The molecule has 0 atom stereocenters. The third-order valence-electron chi connectivity index (χ3n) is 4.81. The molecule has 1 aliphatic heterocycles. The van der Waals surface area contributed by atoms with E-state index in [1.54, 1.807) is 24.6 Å². The summed E-state index contributed by atoms with van der Waals surface area (Å²) >= 11 is 1.56. The van der Waals surface area contributed by atoms with Crippen molar-refractivity contribution in [1.29, 1.82) is 0 Å². The molecule has 0 amide bonds. The third-order valence-corrected chi connectivity index (χ3v) is 5.60. The van der Waals surface area contributed by atoms with Gasteiger partial charge in [0.2, 0.25) is 0 Å². The van der Waals surface area contributed by atoms with Crippen LogP contribution >= 0.6 is 11.3 Å². The van der Waals surface area contributed by atoms with Crippen LogP contribution in [0.1, 0.15) is 6.42 Å². The monoisotopic (exact) mass is 396 g/mol. The molecule has 0 unspecified atom stereocenters. The number of hydrogen-bond acceptors (Lipinski definition) is 8. The first-order valence-corrected chi connectivity index (χ1v) is 10.2. The summed E-state index contributed by atoms with van der Waals surface area (Å²) in [5.74, 6) is 2.03. The van der Waals surface area contributed by atoms with Gasteiger partial charge in [0, 0.05) is 31.2 Å². The standard InChI is InChI=1S/C20H24N6OS/c1-25-9-3-10-26(12-11-25)15-4-7-18(22-14-15)24-19-17(27-2)6-5-16(23-19)20-21-8-13-28-20/h4-8,13-14H,3,9-12H2,1-2H3,(H,22,23,24). The van der Waals surface area contributed by atoms with Gasteiger partial charge in [-0.1, -0.05) is 0 Å². The van der Waals surface area contributed by atoms with E-state index in [9.17, 15) is 0 Å². The molecule has 1 saturated heterocycles. The number of hydrogen-bond donors (Lipinski definition) is 1. The minimum absolute atomic E-state index is 0.631. The first kappa shape index (κ1) is 18.6. The zero-order valence-electron chi connectivity index (χ0n) is 16.1. The fourth-order valence-corrected chi connectivity index (χ4v) is 3.85. The highest BCUT2D eigenvalue weighted by Gasteiger charge is 2.14. The molecule has 0 spiro atoms. The molecule has 0 radical (unpaired) electrons. The molecule has 0 bridgehead atoms. The number of nitrogens with one attached hydrogen (secondary N) is 1. The Balaban J connectivity index is 1.52. The van der Waals surface area contributed by atoms with E-state index in [2.05, 4.69) is 43.2 Å². The summed E-state index contributed by atoms with van der Waals surface area (Å²) in [7, 11) is 3.81. The Morgan fingerprint density at radius 2 is 2.00 bits per heavy atom. The van der Waals surface area contributed by atoms with Gasteiger partial charge in [-0.25, -0.2) is 15.0 Å². The summed E-state index contributed by atoms with van der Waals surface area (Å²) in [4.78, 5) is 18.4. The molecule has 0 aromatic carbocycles. The highest BCUT2D eigenvalue weighted by atomic mass is 32.1. The molecule has 8 heteroatoms. The predicted molar refractivity (Wildman–Crippen MR) is 114 cm³/mol. The van der Waals surface area contributed by atoms with Crippen LogP contribution in [0, 0.1) is 0 Å². The van der Waals surface area contributed by atoms with Gasteiger partial charge in [-0.15, -0.1) is 11.3 Å². The Kier molecular flexibility index (Phi) is 5.68. The normalized spacial score (nSPS) is 15.3. The first-order valence-electron chi connectivity index (χ1n) is 9.34. The van der Waals surface area contributed by atoms with Gasteiger partial charge in [-0.05, 0) is 44.3 Å². The minimum atomic E-state index is 0.631. The van der Waals surface area contributed by atoms with Crippen LogP contribution in [0.5, 0.6) is 5.75 Å². The van der Waals surface area contributed by atoms with Crippen LogP contribution in [0.2, 0.25) is 0 Å². The Labute approximate surface area is 169 Å². The summed E-state index contributed by atoms with van der Waals surface area (Å²) in [6, 6.07) is 7.91. The van der Waals surface area contributed by atoms with Crippen LogP contribution in [0.4, 0.5) is 17.3 Å². The smallest absolute Gasteiger partial charge is 0.175 e. The second-order valence-electron chi connectivity index (χ2n) is 6.76. The van der Waals surface area contributed by atoms with Gasteiger partial charge < -0.3 is 19.9 Å². The maximum atomic E-state index is 5.45. The summed E-state index contributed by atoms with van der Waals surface area (Å²) in [6.07, 6.45) is 4.87. The van der Waals surface area contributed by atoms with Crippen LogP contribution in [-0.2, 0) is 0 Å². The average molecular weight is 397 g/mol. The highest BCUT2D eigenvalue weighted by molar-refractivity contribution is 7.13. The minimum Gasteiger partial charge on any atom is -0.493 e. The molecule has 0 aliphatic carbocycles. The van der Waals surface area contributed by atoms with Crippen molar-refractivity contribution >= 4 is 28.7 Å². The van der Waals surface area contributed by atoms with Crippen molar-refractivity contribution in [2.75, 3.05) is 50.6 Å². The molecule has 4 heterocycles. The van der Waals surface area contributed by atoms with E-state index in [0.29, 0.717) is 11.6 Å². The van der Waals surface area contributed by atoms with E-state index < -0.39 is 0 Å². The van der Waals surface area contributed by atoms with E-state index in [1.165, 1.54) is 6.42 Å². The van der Waals surface area contributed by atoms with Gasteiger partial charge in [-0.3, -0.25) is 0 Å². The summed E-state index contributed by atoms with van der Waals surface area (Å²) in [5, 5.41) is 6.09. The molecule has 146 valence electrons. The molecular formula is C20H24N6OS. The van der Waals surface area contributed by atoms with Crippen LogP contribution in [0.15, 0.2) is 42.0 Å². The quantitative estimate of drug-likeness (QED) is 0.708. The number of pyridine rings is 2. The Hall–Kier alpha value is -2.71. The zero-order valence-corrected chi connectivity index (χ0v) is 16.9. The molecule has 4 rings (SSSR count). The second-order valence-corrected chi connectivity index (χ2v) is 7.65. The lowest BCUT2D eigenvalue weighted by Gasteiger charge is -2.22. The maximum Gasteiger partial charge on any atom is 0.175 e. The fourth-order valence-electron chi connectivity index (χ4n) is 3.24. The Morgan fingerprint density at radius 1 is 1.07 bits per heavy atom. The SMILES string of the molecule is COc1ccc(-c2nccs2)nc1Nc1ccc(N2CCCN(C)CC2)cn1. The topological polar surface area (TPSA) is 66.4 Å². The van der Waals surface area contributed by atoms with Crippen molar-refractivity contribution in [1.82, 2.24) is 19.9 Å². The van der Waals surface area contributed by atoms with Crippen LogP contribution < -0.4 is 15.0 Å². The Morgan fingerprint density at radius 3 is 2.75 bits per heavy atom. The molecule has 1 fully saturated rings. The number of aromatic nitrogens is 3. The van der Waals surface area contributed by atoms with E-state index in [-0.39, 0.29) is 0 Å². The predicted octanol–water partition coefficient (Wildman–Crippen LogP) is 3.49. The molecule has 0 saturated carbocycles. The van der Waals surface area contributed by atoms with Crippen molar-refractivity contribution in [3.63, 3.8) is 0 Å². The van der Waals surface area contributed by atoms with Crippen LogP contribution in [-0.4, -0.2) is 60.2 Å². The highest BCUT2D eigenvalue weighted by Crippen LogP contribution is 2.30. The van der Waals surface area contributed by atoms with Gasteiger partial charge in [0.1, 0.15) is 16.5 Å². The molecule has 3 aromatic heterocycles. The van der Waals surface area contributed by atoms with Gasteiger partial charge >= 0.3 is 0 Å². The molecule has 1 aliphatic rings. The molecule has 28 heavy (non-hydrogen) atoms. The maximum absolute atomic E-state index is 5.45. The van der Waals surface area contributed by atoms with Crippen molar-refractivity contribution in [3.05, 3.63) is 42.0 Å². The largest absolute Gasteiger partial charge is 0.493 e. The number of nitrogens with zero attached hydrogens (tertiary/aromatic N) is 5. The molecule has 7 nitrogen and oxygen atoms in total. The van der Waals surface area contributed by atoms with Gasteiger partial charge in [0.05, 0.1) is 19.0 Å². The lowest BCUT2D eigenvalue weighted by atomic mass is 10.3. The molecular weight excluding hydrogens is 372 g/mol. The molecule has 3 aromatic rings. The zero-order chi connectivity index (χ0) is 19.3. The number of rotatable bonds is 5. The first-order chi connectivity index (χ1) is 13.7.